The highest BCUT2D eigenvalue weighted by Crippen LogP contribution is 2.09. The van der Waals surface area contributed by atoms with E-state index >= 15 is 0 Å². The van der Waals surface area contributed by atoms with Crippen LogP contribution in [0.2, 0.25) is 0 Å². The Morgan fingerprint density at radius 1 is 1.06 bits per heavy atom. The molecule has 3 N–H and O–H groups in total. The average Bonchev–Trinajstić information content (AvgIpc) is 2.77. The minimum atomic E-state index is -0.106. The Bertz CT molecular complexity index is 694. The van der Waals surface area contributed by atoms with Crippen LogP contribution in [0.15, 0.2) is 29.3 Å². The second kappa shape index (κ2) is 15.9. The minimum absolute atomic E-state index is 0. The van der Waals surface area contributed by atoms with E-state index in [0.29, 0.717) is 25.2 Å². The molecule has 0 bridgehead atoms. The highest BCUT2D eigenvalue weighted by atomic mass is 127. The first-order valence-electron chi connectivity index (χ1n) is 11.2. The molecule has 1 aromatic carbocycles. The summed E-state index contributed by atoms with van der Waals surface area (Å²) in [5.41, 5.74) is 1.68. The molecule has 0 atom stereocenters. The smallest absolute Gasteiger partial charge is 0.254 e. The zero-order valence-corrected chi connectivity index (χ0v) is 21.2. The monoisotopic (exact) mass is 543 g/mol. The van der Waals surface area contributed by atoms with Crippen molar-refractivity contribution >= 4 is 41.8 Å². The van der Waals surface area contributed by atoms with E-state index in [4.69, 9.17) is 0 Å². The van der Waals surface area contributed by atoms with Gasteiger partial charge < -0.3 is 20.9 Å². The molecule has 7 nitrogen and oxygen atoms in total. The van der Waals surface area contributed by atoms with Crippen molar-refractivity contribution in [2.24, 2.45) is 4.99 Å². The number of halogens is 1. The zero-order chi connectivity index (χ0) is 21.6. The first-order chi connectivity index (χ1) is 14.6. The number of piperazine rings is 1. The van der Waals surface area contributed by atoms with Gasteiger partial charge in [0.15, 0.2) is 5.96 Å². The molecule has 0 unspecified atom stereocenters. The third-order valence-electron chi connectivity index (χ3n) is 5.28. The molecule has 0 spiro atoms. The number of carbonyl (C=O) groups excluding carboxylic acids is 2. The van der Waals surface area contributed by atoms with Crippen LogP contribution >= 0.6 is 24.0 Å². The van der Waals surface area contributed by atoms with Crippen LogP contribution in [0.3, 0.4) is 0 Å². The summed E-state index contributed by atoms with van der Waals surface area (Å²) < 4.78 is 0. The van der Waals surface area contributed by atoms with Crippen molar-refractivity contribution in [1.82, 2.24) is 20.9 Å². The molecular formula is C23H38IN5O2. The lowest BCUT2D eigenvalue weighted by atomic mass is 10.1. The highest BCUT2D eigenvalue weighted by Gasteiger charge is 2.22. The summed E-state index contributed by atoms with van der Waals surface area (Å²) in [5.74, 6) is 0.586. The molecule has 2 rings (SSSR count). The standard InChI is InChI=1S/C23H37N5O2.HI/c1-3-4-5-6-7-8-9-14-26-23(24-2)27-17-19-10-12-20(13-11-19)22(30)28-16-15-25-21(29)18-28;/h10-13H,3-9,14-18H2,1-2H3,(H,25,29)(H2,24,26,27);1H. The predicted octanol–water partition coefficient (Wildman–Crippen LogP) is 3.29. The van der Waals surface area contributed by atoms with Crippen molar-refractivity contribution in [2.45, 2.75) is 58.4 Å². The highest BCUT2D eigenvalue weighted by molar-refractivity contribution is 14.0. The van der Waals surface area contributed by atoms with Gasteiger partial charge in [-0.25, -0.2) is 0 Å². The van der Waals surface area contributed by atoms with Gasteiger partial charge in [-0.05, 0) is 24.1 Å². The SMILES string of the molecule is CCCCCCCCCNC(=NC)NCc1ccc(C(=O)N2CCNC(=O)C2)cc1.I. The normalized spacial score (nSPS) is 13.9. The molecular weight excluding hydrogens is 505 g/mol. The van der Waals surface area contributed by atoms with Gasteiger partial charge in [-0.15, -0.1) is 24.0 Å². The second-order valence-corrected chi connectivity index (χ2v) is 7.75. The van der Waals surface area contributed by atoms with Crippen LogP contribution in [-0.2, 0) is 11.3 Å². The lowest BCUT2D eigenvalue weighted by Crippen LogP contribution is -2.49. The van der Waals surface area contributed by atoms with Crippen LogP contribution in [0.5, 0.6) is 0 Å². The van der Waals surface area contributed by atoms with Crippen LogP contribution in [-0.4, -0.2) is 55.9 Å². The third kappa shape index (κ3) is 10.3. The molecule has 174 valence electrons. The number of rotatable bonds is 11. The number of guanidine groups is 1. The number of hydrogen-bond donors (Lipinski definition) is 3. The number of nitrogens with one attached hydrogen (secondary N) is 3. The summed E-state index contributed by atoms with van der Waals surface area (Å²) in [6.45, 7) is 4.99. The van der Waals surface area contributed by atoms with E-state index in [1.165, 1.54) is 38.5 Å². The van der Waals surface area contributed by atoms with Crippen LogP contribution in [0.4, 0.5) is 0 Å². The van der Waals surface area contributed by atoms with Gasteiger partial charge in [0.2, 0.25) is 5.91 Å². The fraction of sp³-hybridized carbons (Fsp3) is 0.609. The maximum absolute atomic E-state index is 12.5. The van der Waals surface area contributed by atoms with Gasteiger partial charge in [0.25, 0.3) is 5.91 Å². The van der Waals surface area contributed by atoms with Gasteiger partial charge in [-0.2, -0.15) is 0 Å². The molecule has 1 aromatic rings. The summed E-state index contributed by atoms with van der Waals surface area (Å²) in [6.07, 6.45) is 9.04. The molecule has 2 amide bonds. The summed E-state index contributed by atoms with van der Waals surface area (Å²) in [5, 5.41) is 9.41. The van der Waals surface area contributed by atoms with Gasteiger partial charge in [-0.1, -0.05) is 57.6 Å². The summed E-state index contributed by atoms with van der Waals surface area (Å²) in [4.78, 5) is 29.8. The molecule has 1 fully saturated rings. The molecule has 0 radical (unpaired) electrons. The Labute approximate surface area is 203 Å². The molecule has 31 heavy (non-hydrogen) atoms. The Balaban J connectivity index is 0.00000480. The molecule has 8 heteroatoms. The molecule has 1 saturated heterocycles. The Morgan fingerprint density at radius 2 is 1.74 bits per heavy atom. The Kier molecular flexibility index (Phi) is 13.9. The van der Waals surface area contributed by atoms with Crippen LogP contribution < -0.4 is 16.0 Å². The van der Waals surface area contributed by atoms with Crippen LogP contribution in [0.1, 0.15) is 67.8 Å². The van der Waals surface area contributed by atoms with Crippen LogP contribution in [0, 0.1) is 0 Å². The van der Waals surface area contributed by atoms with Gasteiger partial charge in [0, 0.05) is 38.8 Å². The van der Waals surface area contributed by atoms with E-state index in [2.05, 4.69) is 27.9 Å². The van der Waals surface area contributed by atoms with Crippen molar-refractivity contribution in [1.29, 1.82) is 0 Å². The minimum Gasteiger partial charge on any atom is -0.356 e. The summed E-state index contributed by atoms with van der Waals surface area (Å²) in [6, 6.07) is 7.52. The van der Waals surface area contributed by atoms with E-state index in [1.807, 2.05) is 24.3 Å². The molecule has 1 aliphatic heterocycles. The van der Waals surface area contributed by atoms with Crippen molar-refractivity contribution in [3.63, 3.8) is 0 Å². The first-order valence-corrected chi connectivity index (χ1v) is 11.2. The first kappa shape index (κ1) is 27.2. The van der Waals surface area contributed by atoms with E-state index in [9.17, 15) is 9.59 Å². The van der Waals surface area contributed by atoms with Gasteiger partial charge in [-0.3, -0.25) is 14.6 Å². The lowest BCUT2D eigenvalue weighted by Gasteiger charge is -2.26. The third-order valence-corrected chi connectivity index (χ3v) is 5.28. The Hall–Kier alpha value is -1.84. The Morgan fingerprint density at radius 3 is 2.39 bits per heavy atom. The topological polar surface area (TPSA) is 85.8 Å². The zero-order valence-electron chi connectivity index (χ0n) is 18.9. The maximum Gasteiger partial charge on any atom is 0.254 e. The fourth-order valence-corrected chi connectivity index (χ4v) is 3.45. The number of carbonyl (C=O) groups is 2. The van der Waals surface area contributed by atoms with Crippen molar-refractivity contribution in [3.8, 4) is 0 Å². The number of nitrogens with zero attached hydrogens (tertiary/aromatic N) is 2. The van der Waals surface area contributed by atoms with Crippen molar-refractivity contribution in [2.75, 3.05) is 33.2 Å². The lowest BCUT2D eigenvalue weighted by molar-refractivity contribution is -0.123. The number of hydrogen-bond acceptors (Lipinski definition) is 3. The largest absolute Gasteiger partial charge is 0.356 e. The molecule has 1 heterocycles. The number of benzene rings is 1. The maximum atomic E-state index is 12.5. The molecule has 0 aliphatic carbocycles. The molecule has 0 saturated carbocycles. The van der Waals surface area contributed by atoms with Crippen LogP contribution in [0.25, 0.3) is 0 Å². The second-order valence-electron chi connectivity index (χ2n) is 7.75. The van der Waals surface area contributed by atoms with Gasteiger partial charge in [0.05, 0.1) is 6.54 Å². The number of amides is 2. The molecule has 0 aromatic heterocycles. The van der Waals surface area contributed by atoms with E-state index in [0.717, 1.165) is 24.5 Å². The van der Waals surface area contributed by atoms with Gasteiger partial charge >= 0.3 is 0 Å². The van der Waals surface area contributed by atoms with E-state index in [1.54, 1.807) is 11.9 Å². The average molecular weight is 543 g/mol. The fourth-order valence-electron chi connectivity index (χ4n) is 3.45. The quantitative estimate of drug-likeness (QED) is 0.173. The number of unbranched alkanes of at least 4 members (excludes halogenated alkanes) is 6. The van der Waals surface area contributed by atoms with E-state index in [-0.39, 0.29) is 42.3 Å². The van der Waals surface area contributed by atoms with Gasteiger partial charge in [0.1, 0.15) is 0 Å². The summed E-state index contributed by atoms with van der Waals surface area (Å²) in [7, 11) is 1.77. The number of aliphatic imine (C=N–C) groups is 1. The van der Waals surface area contributed by atoms with E-state index < -0.39 is 0 Å². The predicted molar refractivity (Wildman–Crippen MR) is 137 cm³/mol. The van der Waals surface area contributed by atoms with Crippen molar-refractivity contribution in [3.05, 3.63) is 35.4 Å². The van der Waals surface area contributed by atoms with Crippen molar-refractivity contribution < 1.29 is 9.59 Å². The summed E-state index contributed by atoms with van der Waals surface area (Å²) >= 11 is 0. The molecule has 1 aliphatic rings.